The molecule has 0 aromatic heterocycles. The number of nitrogens with zero attached hydrogens (tertiary/aromatic N) is 1. The number of carbonyl (C=O) groups excluding carboxylic acids is 1. The second kappa shape index (κ2) is 9.84. The van der Waals surface area contributed by atoms with Crippen molar-refractivity contribution in [2.75, 3.05) is 19.6 Å². The van der Waals surface area contributed by atoms with Crippen LogP contribution >= 0.6 is 40.7 Å². The first kappa shape index (κ1) is 22.7. The maximum atomic E-state index is 12.3. The molecule has 0 aliphatic heterocycles. The Hall–Kier alpha value is -0.330. The molecule has 132 valence electrons. The molecular weight excluding hydrogens is 401 g/mol. The maximum Gasteiger partial charge on any atom is 0.244 e. The molecule has 0 bridgehead atoms. The van der Waals surface area contributed by atoms with E-state index in [-0.39, 0.29) is 30.7 Å². The second-order valence-electron chi connectivity index (χ2n) is 5.82. The van der Waals surface area contributed by atoms with E-state index in [9.17, 15) is 4.79 Å². The monoisotopic (exact) mass is 425 g/mol. The van der Waals surface area contributed by atoms with Gasteiger partial charge >= 0.3 is 0 Å². The van der Waals surface area contributed by atoms with Crippen LogP contribution in [0.1, 0.15) is 32.3 Å². The highest BCUT2D eigenvalue weighted by atomic mass is 79.9. The van der Waals surface area contributed by atoms with Gasteiger partial charge in [-0.1, -0.05) is 35.0 Å². The number of rotatable bonds is 7. The van der Waals surface area contributed by atoms with E-state index in [1.165, 1.54) is 12.8 Å². The zero-order valence-electron chi connectivity index (χ0n) is 13.5. The van der Waals surface area contributed by atoms with Crippen molar-refractivity contribution < 1.29 is 4.79 Å². The van der Waals surface area contributed by atoms with Crippen LogP contribution in [0.3, 0.4) is 0 Å². The Kier molecular flexibility index (Phi) is 9.70. The molecule has 23 heavy (non-hydrogen) atoms. The van der Waals surface area contributed by atoms with Gasteiger partial charge in [-0.3, -0.25) is 9.69 Å². The van der Waals surface area contributed by atoms with Crippen LogP contribution in [-0.2, 0) is 10.3 Å². The van der Waals surface area contributed by atoms with Gasteiger partial charge in [0.1, 0.15) is 5.54 Å². The van der Waals surface area contributed by atoms with Gasteiger partial charge in [0.2, 0.25) is 5.91 Å². The van der Waals surface area contributed by atoms with Crippen LogP contribution in [0.4, 0.5) is 0 Å². The van der Waals surface area contributed by atoms with Crippen molar-refractivity contribution in [1.29, 1.82) is 0 Å². The number of carbonyl (C=O) groups is 1. The summed E-state index contributed by atoms with van der Waals surface area (Å²) >= 11 is 3.39. The first-order valence-corrected chi connectivity index (χ1v) is 8.31. The van der Waals surface area contributed by atoms with Crippen LogP contribution in [0.5, 0.6) is 0 Å². The molecule has 1 amide bonds. The molecule has 4 nitrogen and oxygen atoms in total. The Labute approximate surface area is 159 Å². The van der Waals surface area contributed by atoms with E-state index in [1.54, 1.807) is 6.92 Å². The quantitative estimate of drug-likeness (QED) is 0.704. The molecule has 1 fully saturated rings. The van der Waals surface area contributed by atoms with Gasteiger partial charge in [-0.2, -0.15) is 0 Å². The largest absolute Gasteiger partial charge is 0.353 e. The summed E-state index contributed by atoms with van der Waals surface area (Å²) in [4.78, 5) is 14.7. The minimum atomic E-state index is -1.00. The zero-order valence-corrected chi connectivity index (χ0v) is 16.8. The van der Waals surface area contributed by atoms with E-state index in [0.29, 0.717) is 6.54 Å². The van der Waals surface area contributed by atoms with Crippen molar-refractivity contribution in [2.24, 2.45) is 5.73 Å². The van der Waals surface area contributed by atoms with Crippen LogP contribution in [0, 0.1) is 0 Å². The third-order valence-electron chi connectivity index (χ3n) is 4.07. The van der Waals surface area contributed by atoms with E-state index < -0.39 is 5.54 Å². The molecule has 1 saturated carbocycles. The molecule has 7 heteroatoms. The maximum absolute atomic E-state index is 12.3. The summed E-state index contributed by atoms with van der Waals surface area (Å²) in [5, 5.41) is 2.97. The predicted molar refractivity (Wildman–Crippen MR) is 103 cm³/mol. The predicted octanol–water partition coefficient (Wildman–Crippen LogP) is 3.07. The molecule has 1 aromatic carbocycles. The molecule has 0 spiro atoms. The number of benzene rings is 1. The Morgan fingerprint density at radius 2 is 1.91 bits per heavy atom. The highest BCUT2D eigenvalue weighted by Gasteiger charge is 2.31. The van der Waals surface area contributed by atoms with Crippen molar-refractivity contribution in [3.05, 3.63) is 34.3 Å². The summed E-state index contributed by atoms with van der Waals surface area (Å²) in [6, 6.07) is 8.29. The smallest absolute Gasteiger partial charge is 0.244 e. The summed E-state index contributed by atoms with van der Waals surface area (Å²) in [5.74, 6) is -0.128. The Balaban J connectivity index is 0.00000242. The number of likely N-dealkylation sites (N-methyl/N-ethyl adjacent to an activating group) is 1. The van der Waals surface area contributed by atoms with Crippen molar-refractivity contribution in [2.45, 2.75) is 38.3 Å². The fourth-order valence-corrected chi connectivity index (χ4v) is 2.73. The number of hydrogen-bond donors (Lipinski definition) is 2. The highest BCUT2D eigenvalue weighted by Crippen LogP contribution is 2.26. The van der Waals surface area contributed by atoms with Crippen LogP contribution in [0.15, 0.2) is 28.7 Å². The summed E-state index contributed by atoms with van der Waals surface area (Å²) < 4.78 is 0.977. The summed E-state index contributed by atoms with van der Waals surface area (Å²) in [6.45, 7) is 6.49. The lowest BCUT2D eigenvalue weighted by atomic mass is 9.92. The Morgan fingerprint density at radius 3 is 2.39 bits per heavy atom. The molecule has 1 aromatic rings. The minimum Gasteiger partial charge on any atom is -0.353 e. The molecule has 1 aliphatic carbocycles. The lowest BCUT2D eigenvalue weighted by Gasteiger charge is -2.26. The van der Waals surface area contributed by atoms with Gasteiger partial charge in [0.15, 0.2) is 0 Å². The molecule has 0 heterocycles. The molecule has 1 unspecified atom stereocenters. The van der Waals surface area contributed by atoms with Crippen molar-refractivity contribution in [3.63, 3.8) is 0 Å². The lowest BCUT2D eigenvalue weighted by Crippen LogP contribution is -2.50. The van der Waals surface area contributed by atoms with E-state index in [2.05, 4.69) is 33.1 Å². The van der Waals surface area contributed by atoms with E-state index >= 15 is 0 Å². The molecule has 0 saturated heterocycles. The van der Waals surface area contributed by atoms with Gasteiger partial charge in [-0.25, -0.2) is 0 Å². The number of hydrogen-bond acceptors (Lipinski definition) is 3. The van der Waals surface area contributed by atoms with Gasteiger partial charge in [0, 0.05) is 23.6 Å². The third kappa shape index (κ3) is 6.24. The minimum absolute atomic E-state index is 0. The summed E-state index contributed by atoms with van der Waals surface area (Å²) in [7, 11) is 0. The lowest BCUT2D eigenvalue weighted by molar-refractivity contribution is -0.126. The number of amides is 1. The number of halogens is 3. The van der Waals surface area contributed by atoms with Gasteiger partial charge < -0.3 is 11.1 Å². The Bertz CT molecular complexity index is 493. The van der Waals surface area contributed by atoms with Crippen molar-refractivity contribution in [1.82, 2.24) is 10.2 Å². The van der Waals surface area contributed by atoms with Crippen LogP contribution in [-0.4, -0.2) is 36.5 Å². The van der Waals surface area contributed by atoms with E-state index in [4.69, 9.17) is 5.73 Å². The first-order valence-electron chi connectivity index (χ1n) is 7.52. The zero-order chi connectivity index (χ0) is 15.5. The third-order valence-corrected chi connectivity index (χ3v) is 4.60. The van der Waals surface area contributed by atoms with Gasteiger partial charge in [0.25, 0.3) is 0 Å². The molecule has 2 rings (SSSR count). The molecule has 1 atom stereocenters. The molecule has 3 N–H and O–H groups in total. The average molecular weight is 427 g/mol. The second-order valence-corrected chi connectivity index (χ2v) is 6.74. The van der Waals surface area contributed by atoms with Crippen molar-refractivity contribution >= 4 is 46.7 Å². The Morgan fingerprint density at radius 1 is 1.35 bits per heavy atom. The molecule has 1 aliphatic rings. The standard InChI is InChI=1S/C16H24BrN3O.2ClH/c1-3-20(14-8-9-14)11-10-19-15(21)16(2,18)12-4-6-13(17)7-5-12;;/h4-7,14H,3,8-11,18H2,1-2H3,(H,19,21);2*1H. The molecular formula is C16H26BrCl2N3O. The normalized spacial score (nSPS) is 16.0. The van der Waals surface area contributed by atoms with Crippen molar-refractivity contribution in [3.8, 4) is 0 Å². The average Bonchev–Trinajstić information content (AvgIpc) is 3.28. The number of nitrogens with one attached hydrogen (secondary N) is 1. The first-order chi connectivity index (χ1) is 9.95. The van der Waals surface area contributed by atoms with Gasteiger partial charge in [0.05, 0.1) is 0 Å². The summed E-state index contributed by atoms with van der Waals surface area (Å²) in [5.41, 5.74) is 6.03. The van der Waals surface area contributed by atoms with Gasteiger partial charge in [-0.05, 0) is 44.0 Å². The fourth-order valence-electron chi connectivity index (χ4n) is 2.46. The van der Waals surface area contributed by atoms with E-state index in [0.717, 1.165) is 29.2 Å². The topological polar surface area (TPSA) is 58.4 Å². The van der Waals surface area contributed by atoms with Gasteiger partial charge in [-0.15, -0.1) is 24.8 Å². The van der Waals surface area contributed by atoms with E-state index in [1.807, 2.05) is 24.3 Å². The summed E-state index contributed by atoms with van der Waals surface area (Å²) in [6.07, 6.45) is 2.57. The van der Waals surface area contributed by atoms with Crippen LogP contribution < -0.4 is 11.1 Å². The SMILES string of the molecule is CCN(CCNC(=O)C(C)(N)c1ccc(Br)cc1)C1CC1.Cl.Cl. The fraction of sp³-hybridized carbons (Fsp3) is 0.562. The highest BCUT2D eigenvalue weighted by molar-refractivity contribution is 9.10. The number of nitrogens with two attached hydrogens (primary N) is 1. The molecule has 0 radical (unpaired) electrons. The van der Waals surface area contributed by atoms with Crippen LogP contribution in [0.25, 0.3) is 0 Å². The van der Waals surface area contributed by atoms with Crippen LogP contribution in [0.2, 0.25) is 0 Å².